The van der Waals surface area contributed by atoms with Crippen LogP contribution in [0.25, 0.3) is 0 Å². The lowest BCUT2D eigenvalue weighted by Gasteiger charge is -2.32. The van der Waals surface area contributed by atoms with Gasteiger partial charge in [-0.3, -0.25) is 0 Å². The summed E-state index contributed by atoms with van der Waals surface area (Å²) in [5, 5.41) is 9.50. The maximum atomic E-state index is 9.50. The van der Waals surface area contributed by atoms with Gasteiger partial charge in [0.1, 0.15) is 0 Å². The van der Waals surface area contributed by atoms with Crippen LogP contribution in [0.15, 0.2) is 0 Å². The minimum Gasteiger partial charge on any atom is -0.392 e. The summed E-state index contributed by atoms with van der Waals surface area (Å²) in [6.07, 6.45) is 2.20. The van der Waals surface area contributed by atoms with Crippen LogP contribution in [0.5, 0.6) is 0 Å². The van der Waals surface area contributed by atoms with Crippen molar-refractivity contribution in [1.29, 1.82) is 0 Å². The van der Waals surface area contributed by atoms with Gasteiger partial charge in [0.05, 0.1) is 6.10 Å². The molecule has 0 aromatic carbocycles. The molecule has 0 saturated carbocycles. The van der Waals surface area contributed by atoms with E-state index >= 15 is 0 Å². The van der Waals surface area contributed by atoms with Gasteiger partial charge in [0, 0.05) is 6.54 Å². The Morgan fingerprint density at radius 1 is 1.60 bits per heavy atom. The summed E-state index contributed by atoms with van der Waals surface area (Å²) < 4.78 is 0. The molecule has 1 heterocycles. The Labute approximate surface area is 62.8 Å². The molecular weight excluding hydrogens is 126 g/mol. The van der Waals surface area contributed by atoms with E-state index in [4.69, 9.17) is 0 Å². The highest BCUT2D eigenvalue weighted by molar-refractivity contribution is 4.76. The van der Waals surface area contributed by atoms with E-state index in [-0.39, 0.29) is 6.10 Å². The average molecular weight is 143 g/mol. The molecule has 0 bridgehead atoms. The minimum absolute atomic E-state index is 0.0799. The van der Waals surface area contributed by atoms with Gasteiger partial charge in [-0.25, -0.2) is 0 Å². The number of piperidine rings is 1. The Bertz CT molecular complexity index is 105. The fourth-order valence-corrected chi connectivity index (χ4v) is 1.61. The summed E-state index contributed by atoms with van der Waals surface area (Å²) in [4.78, 5) is 2.19. The molecule has 1 aliphatic heterocycles. The first-order valence-corrected chi connectivity index (χ1v) is 4.10. The Morgan fingerprint density at radius 3 is 2.80 bits per heavy atom. The molecule has 0 spiro atoms. The molecule has 10 heavy (non-hydrogen) atoms. The first-order valence-electron chi connectivity index (χ1n) is 4.10. The predicted molar refractivity (Wildman–Crippen MR) is 41.9 cm³/mol. The maximum Gasteiger partial charge on any atom is 0.0695 e. The van der Waals surface area contributed by atoms with Gasteiger partial charge in [-0.15, -0.1) is 0 Å². The fraction of sp³-hybridized carbons (Fsp3) is 1.00. The van der Waals surface area contributed by atoms with Crippen LogP contribution >= 0.6 is 0 Å². The number of rotatable bonds is 1. The molecule has 0 aromatic rings. The highest BCUT2D eigenvalue weighted by Crippen LogP contribution is 2.19. The van der Waals surface area contributed by atoms with Gasteiger partial charge >= 0.3 is 0 Å². The average Bonchev–Trinajstić information content (AvgIpc) is 1.88. The van der Waals surface area contributed by atoms with Crippen molar-refractivity contribution in [2.45, 2.75) is 25.9 Å². The smallest absolute Gasteiger partial charge is 0.0695 e. The second-order valence-corrected chi connectivity index (χ2v) is 3.29. The van der Waals surface area contributed by atoms with Gasteiger partial charge in [0.15, 0.2) is 0 Å². The summed E-state index contributed by atoms with van der Waals surface area (Å²) in [6.45, 7) is 4.16. The number of likely N-dealkylation sites (tertiary alicyclic amines) is 1. The number of aliphatic hydroxyl groups is 1. The van der Waals surface area contributed by atoms with Crippen LogP contribution in [0.3, 0.4) is 0 Å². The molecule has 2 unspecified atom stereocenters. The monoisotopic (exact) mass is 143 g/mol. The molecule has 0 aromatic heterocycles. The van der Waals surface area contributed by atoms with Crippen LogP contribution in [0.4, 0.5) is 0 Å². The van der Waals surface area contributed by atoms with Crippen molar-refractivity contribution < 1.29 is 5.11 Å². The highest BCUT2D eigenvalue weighted by Gasteiger charge is 2.23. The van der Waals surface area contributed by atoms with Gasteiger partial charge in [0.2, 0.25) is 0 Å². The van der Waals surface area contributed by atoms with E-state index in [2.05, 4.69) is 18.9 Å². The molecule has 0 aliphatic carbocycles. The van der Waals surface area contributed by atoms with Crippen molar-refractivity contribution in [3.63, 3.8) is 0 Å². The van der Waals surface area contributed by atoms with E-state index in [0.717, 1.165) is 25.9 Å². The van der Waals surface area contributed by atoms with E-state index in [1.807, 2.05) is 0 Å². The van der Waals surface area contributed by atoms with Crippen LogP contribution in [0.1, 0.15) is 19.8 Å². The second kappa shape index (κ2) is 3.35. The van der Waals surface area contributed by atoms with Crippen molar-refractivity contribution in [2.24, 2.45) is 5.92 Å². The number of hydrogen-bond donors (Lipinski definition) is 1. The van der Waals surface area contributed by atoms with E-state index < -0.39 is 0 Å². The minimum atomic E-state index is -0.0799. The lowest BCUT2D eigenvalue weighted by atomic mass is 9.92. The molecule has 60 valence electrons. The van der Waals surface area contributed by atoms with Gasteiger partial charge in [-0.05, 0) is 25.9 Å². The van der Waals surface area contributed by atoms with Crippen molar-refractivity contribution in [3.8, 4) is 0 Å². The van der Waals surface area contributed by atoms with Crippen molar-refractivity contribution in [2.75, 3.05) is 20.1 Å². The summed E-state index contributed by atoms with van der Waals surface area (Å²) >= 11 is 0. The Kier molecular flexibility index (Phi) is 2.69. The third-order valence-corrected chi connectivity index (χ3v) is 2.45. The zero-order valence-electron chi connectivity index (χ0n) is 6.88. The van der Waals surface area contributed by atoms with E-state index in [1.54, 1.807) is 0 Å². The van der Waals surface area contributed by atoms with Crippen LogP contribution in [-0.2, 0) is 0 Å². The van der Waals surface area contributed by atoms with Gasteiger partial charge < -0.3 is 10.0 Å². The molecule has 1 rings (SSSR count). The van der Waals surface area contributed by atoms with Crippen LogP contribution in [0.2, 0.25) is 0 Å². The van der Waals surface area contributed by atoms with Gasteiger partial charge in [0.25, 0.3) is 0 Å². The Balaban J connectivity index is 2.36. The zero-order chi connectivity index (χ0) is 7.56. The first kappa shape index (κ1) is 8.02. The zero-order valence-corrected chi connectivity index (χ0v) is 6.88. The Hall–Kier alpha value is -0.0800. The van der Waals surface area contributed by atoms with E-state index in [0.29, 0.717) is 5.92 Å². The number of hydrogen-bond acceptors (Lipinski definition) is 2. The van der Waals surface area contributed by atoms with E-state index in [1.165, 1.54) is 0 Å². The largest absolute Gasteiger partial charge is 0.392 e. The van der Waals surface area contributed by atoms with Crippen LogP contribution in [0, 0.1) is 5.92 Å². The quantitative estimate of drug-likeness (QED) is 0.584. The molecule has 2 nitrogen and oxygen atoms in total. The molecular formula is C8H17NO. The third kappa shape index (κ3) is 1.70. The maximum absolute atomic E-state index is 9.50. The molecule has 0 radical (unpaired) electrons. The summed E-state index contributed by atoms with van der Waals surface area (Å²) in [5.41, 5.74) is 0. The predicted octanol–water partition coefficient (Wildman–Crippen LogP) is 0.709. The molecule has 1 aliphatic rings. The van der Waals surface area contributed by atoms with Crippen molar-refractivity contribution >= 4 is 0 Å². The summed E-state index contributed by atoms with van der Waals surface area (Å²) in [6, 6.07) is 0. The highest BCUT2D eigenvalue weighted by atomic mass is 16.3. The van der Waals surface area contributed by atoms with E-state index in [9.17, 15) is 5.11 Å². The number of aliphatic hydroxyl groups excluding tert-OH is 1. The second-order valence-electron chi connectivity index (χ2n) is 3.29. The summed E-state index contributed by atoms with van der Waals surface area (Å²) in [7, 11) is 2.06. The van der Waals surface area contributed by atoms with Crippen LogP contribution < -0.4 is 0 Å². The molecule has 2 heteroatoms. The van der Waals surface area contributed by atoms with Gasteiger partial charge in [-0.1, -0.05) is 13.3 Å². The number of likely N-dealkylation sites (N-methyl/N-ethyl adjacent to an activating group) is 1. The molecule has 1 N–H and O–H groups in total. The van der Waals surface area contributed by atoms with Crippen LogP contribution in [-0.4, -0.2) is 36.2 Å². The lowest BCUT2D eigenvalue weighted by Crippen LogP contribution is -2.41. The van der Waals surface area contributed by atoms with Crippen molar-refractivity contribution in [1.82, 2.24) is 4.90 Å². The fourth-order valence-electron chi connectivity index (χ4n) is 1.61. The SMILES string of the molecule is CCC1CCN(C)CC1O. The molecule has 2 atom stereocenters. The standard InChI is InChI=1S/C8H17NO/c1-3-7-4-5-9(2)6-8(7)10/h7-8,10H,3-6H2,1-2H3. The molecule has 1 fully saturated rings. The normalized spacial score (nSPS) is 36.3. The molecule has 1 saturated heterocycles. The number of β-amino-alcohol motifs (C(OH)–C–C–N with tert-alkyl or cyclic N) is 1. The summed E-state index contributed by atoms with van der Waals surface area (Å²) in [5.74, 6) is 0.552. The Morgan fingerprint density at radius 2 is 2.30 bits per heavy atom. The topological polar surface area (TPSA) is 23.5 Å². The number of nitrogens with zero attached hydrogens (tertiary/aromatic N) is 1. The third-order valence-electron chi connectivity index (χ3n) is 2.45. The van der Waals surface area contributed by atoms with Gasteiger partial charge in [-0.2, -0.15) is 0 Å². The molecule has 0 amide bonds. The van der Waals surface area contributed by atoms with Crippen molar-refractivity contribution in [3.05, 3.63) is 0 Å². The first-order chi connectivity index (χ1) is 4.74. The lowest BCUT2D eigenvalue weighted by molar-refractivity contribution is 0.0309.